The maximum atomic E-state index is 11.4. The predicted octanol–water partition coefficient (Wildman–Crippen LogP) is 1.43. The van der Waals surface area contributed by atoms with E-state index in [1.54, 1.807) is 0 Å². The van der Waals surface area contributed by atoms with Gasteiger partial charge in [0, 0.05) is 15.9 Å². The van der Waals surface area contributed by atoms with Gasteiger partial charge in [0.25, 0.3) is 4.60 Å². The van der Waals surface area contributed by atoms with Crippen molar-refractivity contribution in [1.82, 2.24) is 0 Å². The third-order valence-corrected chi connectivity index (χ3v) is 2.58. The molecule has 1 aromatic rings. The van der Waals surface area contributed by atoms with Crippen LogP contribution in [-0.4, -0.2) is 18.0 Å². The van der Waals surface area contributed by atoms with E-state index in [0.717, 1.165) is 13.2 Å². The van der Waals surface area contributed by atoms with Gasteiger partial charge < -0.3 is 9.94 Å². The first kappa shape index (κ1) is 12.7. The number of ether oxygens (including phenoxy) is 1. The van der Waals surface area contributed by atoms with Crippen LogP contribution in [0, 0.1) is 15.3 Å². The predicted molar refractivity (Wildman–Crippen MR) is 56.1 cm³/mol. The molecular weight excluding hydrogens is 307 g/mol. The van der Waals surface area contributed by atoms with Crippen molar-refractivity contribution < 1.29 is 19.2 Å². The van der Waals surface area contributed by atoms with Crippen LogP contribution in [-0.2, 0) is 4.74 Å². The molecule has 0 aliphatic heterocycles. The van der Waals surface area contributed by atoms with Gasteiger partial charge in [-0.3, -0.25) is 10.1 Å². The summed E-state index contributed by atoms with van der Waals surface area (Å²) in [4.78, 5) is 21.0. The number of pyridine rings is 1. The molecule has 9 heteroatoms. The fourth-order valence-electron chi connectivity index (χ4n) is 0.954. The van der Waals surface area contributed by atoms with Gasteiger partial charge in [-0.25, -0.2) is 4.79 Å². The van der Waals surface area contributed by atoms with Gasteiger partial charge in [-0.05, 0) is 0 Å². The zero-order valence-corrected chi connectivity index (χ0v) is 10.1. The molecule has 0 aliphatic carbocycles. The van der Waals surface area contributed by atoms with Crippen LogP contribution in [0.25, 0.3) is 0 Å². The Morgan fingerprint density at radius 3 is 2.69 bits per heavy atom. The second-order valence-corrected chi connectivity index (χ2v) is 3.75. The minimum absolute atomic E-state index is 0.112. The molecule has 1 rings (SSSR count). The van der Waals surface area contributed by atoms with Crippen LogP contribution in [0.1, 0.15) is 10.5 Å². The van der Waals surface area contributed by atoms with E-state index < -0.39 is 27.3 Å². The molecule has 0 bridgehead atoms. The van der Waals surface area contributed by atoms with E-state index in [9.17, 15) is 20.1 Å². The van der Waals surface area contributed by atoms with Crippen LogP contribution < -0.4 is 4.73 Å². The summed E-state index contributed by atoms with van der Waals surface area (Å²) in [5.74, 6) is -1.05. The molecule has 16 heavy (non-hydrogen) atoms. The van der Waals surface area contributed by atoms with Crippen molar-refractivity contribution in [1.29, 1.82) is 0 Å². The van der Waals surface area contributed by atoms with Gasteiger partial charge in [0.15, 0.2) is 5.02 Å². The Hall–Kier alpha value is -1.41. The number of halogens is 2. The third-order valence-electron chi connectivity index (χ3n) is 1.66. The SMILES string of the molecule is COC(=O)c1c(Cl)c([N+](=O)[O-])cc(Br)[n+]1[O-]. The van der Waals surface area contributed by atoms with Gasteiger partial charge in [-0.15, -0.1) is 0 Å². The van der Waals surface area contributed by atoms with Crippen molar-refractivity contribution in [2.75, 3.05) is 7.11 Å². The lowest BCUT2D eigenvalue weighted by Gasteiger charge is -2.06. The molecule has 0 saturated heterocycles. The molecule has 7 nitrogen and oxygen atoms in total. The maximum absolute atomic E-state index is 11.4. The van der Waals surface area contributed by atoms with Crippen LogP contribution in [0.15, 0.2) is 10.7 Å². The summed E-state index contributed by atoms with van der Waals surface area (Å²) in [5.41, 5.74) is -1.19. The van der Waals surface area contributed by atoms with Crippen molar-refractivity contribution in [3.63, 3.8) is 0 Å². The average Bonchev–Trinajstić information content (AvgIpc) is 2.22. The molecule has 86 valence electrons. The smallest absolute Gasteiger partial charge is 0.406 e. The van der Waals surface area contributed by atoms with Crippen LogP contribution >= 0.6 is 27.5 Å². The number of hydrogen-bond acceptors (Lipinski definition) is 5. The summed E-state index contributed by atoms with van der Waals surface area (Å²) >= 11 is 8.35. The Kier molecular flexibility index (Phi) is 3.66. The number of hydrogen-bond donors (Lipinski definition) is 0. The molecule has 0 fully saturated rings. The highest BCUT2D eigenvalue weighted by atomic mass is 79.9. The van der Waals surface area contributed by atoms with Crippen LogP contribution in [0.2, 0.25) is 5.02 Å². The summed E-state index contributed by atoms with van der Waals surface area (Å²) in [7, 11) is 1.03. The Morgan fingerprint density at radius 2 is 2.25 bits per heavy atom. The van der Waals surface area contributed by atoms with Crippen molar-refractivity contribution in [3.05, 3.63) is 36.7 Å². The first-order chi connectivity index (χ1) is 7.40. The van der Waals surface area contributed by atoms with E-state index in [-0.39, 0.29) is 9.33 Å². The van der Waals surface area contributed by atoms with E-state index in [4.69, 9.17) is 11.6 Å². The fourth-order valence-corrected chi connectivity index (χ4v) is 1.63. The molecule has 0 aromatic carbocycles. The lowest BCUT2D eigenvalue weighted by Crippen LogP contribution is -2.37. The summed E-state index contributed by atoms with van der Waals surface area (Å²) < 4.78 is 4.21. The minimum Gasteiger partial charge on any atom is -0.617 e. The van der Waals surface area contributed by atoms with Crippen LogP contribution in [0.3, 0.4) is 0 Å². The normalized spacial score (nSPS) is 9.94. The van der Waals surface area contributed by atoms with E-state index in [1.165, 1.54) is 0 Å². The monoisotopic (exact) mass is 310 g/mol. The molecule has 0 amide bonds. The topological polar surface area (TPSA) is 96.4 Å². The molecule has 0 radical (unpaired) electrons. The summed E-state index contributed by atoms with van der Waals surface area (Å²) in [5, 5.41) is 21.5. The van der Waals surface area contributed by atoms with Crippen molar-refractivity contribution in [2.24, 2.45) is 0 Å². The number of carbonyl (C=O) groups excluding carboxylic acids is 1. The highest BCUT2D eigenvalue weighted by Crippen LogP contribution is 2.28. The Balaban J connectivity index is 3.58. The summed E-state index contributed by atoms with van der Waals surface area (Å²) in [6, 6.07) is 0.905. The zero-order valence-electron chi connectivity index (χ0n) is 7.77. The second kappa shape index (κ2) is 4.62. The Labute approximate surface area is 102 Å². The summed E-state index contributed by atoms with van der Waals surface area (Å²) in [6.45, 7) is 0. The maximum Gasteiger partial charge on any atom is 0.406 e. The first-order valence-electron chi connectivity index (χ1n) is 3.74. The molecule has 1 aromatic heterocycles. The molecule has 0 unspecified atom stereocenters. The average molecular weight is 311 g/mol. The van der Waals surface area contributed by atoms with Gasteiger partial charge >= 0.3 is 17.4 Å². The largest absolute Gasteiger partial charge is 0.617 e. The van der Waals surface area contributed by atoms with E-state index >= 15 is 0 Å². The number of rotatable bonds is 2. The lowest BCUT2D eigenvalue weighted by atomic mass is 10.3. The number of nitro groups is 1. The Morgan fingerprint density at radius 1 is 1.69 bits per heavy atom. The second-order valence-electron chi connectivity index (χ2n) is 2.56. The van der Waals surface area contributed by atoms with E-state index in [0.29, 0.717) is 0 Å². The molecule has 0 spiro atoms. The van der Waals surface area contributed by atoms with Gasteiger partial charge in [-0.2, -0.15) is 4.73 Å². The van der Waals surface area contributed by atoms with Crippen LogP contribution in [0.4, 0.5) is 5.69 Å². The molecule has 0 atom stereocenters. The van der Waals surface area contributed by atoms with E-state index in [2.05, 4.69) is 20.7 Å². The minimum atomic E-state index is -1.05. The van der Waals surface area contributed by atoms with Crippen molar-refractivity contribution in [2.45, 2.75) is 0 Å². The van der Waals surface area contributed by atoms with Gasteiger partial charge in [0.1, 0.15) is 0 Å². The molecule has 0 saturated carbocycles. The number of esters is 1. The highest BCUT2D eigenvalue weighted by molar-refractivity contribution is 9.10. The van der Waals surface area contributed by atoms with Crippen molar-refractivity contribution in [3.8, 4) is 0 Å². The fraction of sp³-hybridized carbons (Fsp3) is 0.143. The first-order valence-corrected chi connectivity index (χ1v) is 4.91. The highest BCUT2D eigenvalue weighted by Gasteiger charge is 2.32. The number of aromatic nitrogens is 1. The molecule has 1 heterocycles. The van der Waals surface area contributed by atoms with Crippen molar-refractivity contribution >= 4 is 39.2 Å². The number of nitrogens with zero attached hydrogens (tertiary/aromatic N) is 2. The lowest BCUT2D eigenvalue weighted by molar-refractivity contribution is -0.620. The van der Waals surface area contributed by atoms with Gasteiger partial charge in [-0.1, -0.05) is 11.6 Å². The van der Waals surface area contributed by atoms with Gasteiger partial charge in [0.05, 0.1) is 18.1 Å². The number of methoxy groups -OCH3 is 1. The Bertz CT molecular complexity index is 478. The molecular formula is C7H4BrClN2O5. The standard InChI is InChI=1S/C7H4BrClN2O5/c1-16-7(12)6-5(9)3(11(14)15)2-4(8)10(6)13/h2H,1H3. The molecule has 0 N–H and O–H groups in total. The number of carbonyl (C=O) groups is 1. The zero-order chi connectivity index (χ0) is 12.5. The van der Waals surface area contributed by atoms with E-state index in [1.807, 2.05) is 0 Å². The quantitative estimate of drug-likeness (QED) is 0.205. The summed E-state index contributed by atoms with van der Waals surface area (Å²) in [6.07, 6.45) is 0. The molecule has 0 aliphatic rings. The van der Waals surface area contributed by atoms with Gasteiger partial charge in [0.2, 0.25) is 0 Å². The third kappa shape index (κ3) is 2.07. The van der Waals surface area contributed by atoms with Crippen LogP contribution in [0.5, 0.6) is 0 Å².